The van der Waals surface area contributed by atoms with E-state index in [0.29, 0.717) is 0 Å². The molecule has 0 aromatic carbocycles. The normalized spacial score (nSPS) is 54.4. The van der Waals surface area contributed by atoms with Crippen molar-refractivity contribution in [1.29, 1.82) is 0 Å². The average Bonchev–Trinajstić information content (AvgIpc) is 3.27. The van der Waals surface area contributed by atoms with Crippen molar-refractivity contribution in [1.82, 2.24) is 0 Å². The summed E-state index contributed by atoms with van der Waals surface area (Å²) in [6, 6.07) is 0. The van der Waals surface area contributed by atoms with E-state index in [1.54, 1.807) is 0 Å². The molecule has 7 rings (SSSR count). The molecule has 16 N–H and O–H groups in total. The lowest BCUT2D eigenvalue weighted by molar-refractivity contribution is -0.367. The van der Waals surface area contributed by atoms with Gasteiger partial charge in [0.25, 0.3) is 0 Å². The van der Waals surface area contributed by atoms with Crippen LogP contribution in [0.3, 0.4) is 0 Å². The van der Waals surface area contributed by atoms with E-state index >= 15 is 0 Å². The fourth-order valence-electron chi connectivity index (χ4n) is 7.87. The first kappa shape index (κ1) is 50.7. The van der Waals surface area contributed by atoms with Gasteiger partial charge in [0, 0.05) is 0 Å². The number of hydrogen-bond acceptors (Lipinski definition) is 29. The Labute approximate surface area is 361 Å². The van der Waals surface area contributed by atoms with Gasteiger partial charge in [-0.2, -0.15) is 0 Å². The standard InChI is InChI=1S/C35H58O29/c36-8-1-53-30(23(45)15(8)37)60-10-3-55-32(25(47)17(10)39)62-12-5-57-34(27(49)19(12)41)64-14-7-58-35(28(50)21(14)43)63-13-6-56-33(26(48)20(13)42)61-11-4-54-31(24(46)18(11)40)59-9-2-52-29(51)22(44)16(9)38/h8-51H,1-7H2/t8-,9-,10-,11-,12-,13-,14-,15+,16+,17+,18+,19+,20+,21+,22?,23?,24?,25?,26?,27?,28?,29-,30+,31-,32+,33-,34-,35-/m1/s1. The molecule has 7 unspecified atom stereocenters. The van der Waals surface area contributed by atoms with Crippen molar-refractivity contribution in [2.24, 2.45) is 0 Å². The monoisotopic (exact) mass is 942 g/mol. The van der Waals surface area contributed by atoms with Crippen LogP contribution in [0, 0.1) is 0 Å². The summed E-state index contributed by atoms with van der Waals surface area (Å²) >= 11 is 0. The maximum absolute atomic E-state index is 10.9. The van der Waals surface area contributed by atoms with Crippen LogP contribution in [0.2, 0.25) is 0 Å². The summed E-state index contributed by atoms with van der Waals surface area (Å²) in [7, 11) is 0. The van der Waals surface area contributed by atoms with E-state index in [4.69, 9.17) is 61.6 Å². The molecule has 372 valence electrons. The Hall–Kier alpha value is -1.16. The van der Waals surface area contributed by atoms with Gasteiger partial charge in [0.1, 0.15) is 128 Å². The van der Waals surface area contributed by atoms with E-state index < -0.39 is 205 Å². The molecular formula is C35H58O29. The van der Waals surface area contributed by atoms with Crippen LogP contribution in [0.15, 0.2) is 0 Å². The van der Waals surface area contributed by atoms with E-state index in [1.165, 1.54) is 0 Å². The van der Waals surface area contributed by atoms with E-state index in [0.717, 1.165) is 0 Å². The summed E-state index contributed by atoms with van der Waals surface area (Å²) in [5.41, 5.74) is 0. The quantitative estimate of drug-likeness (QED) is 0.0864. The molecule has 7 saturated heterocycles. The number of hydrogen-bond donors (Lipinski definition) is 16. The molecule has 0 spiro atoms. The molecule has 0 aliphatic carbocycles. The second kappa shape index (κ2) is 21.6. The van der Waals surface area contributed by atoms with Crippen LogP contribution in [0.5, 0.6) is 0 Å². The molecule has 0 bridgehead atoms. The molecule has 7 fully saturated rings. The molecule has 7 aliphatic rings. The average molecular weight is 943 g/mol. The number of rotatable bonds is 12. The Morgan fingerprint density at radius 2 is 0.422 bits per heavy atom. The Kier molecular flexibility index (Phi) is 17.1. The molecule has 0 radical (unpaired) electrons. The molecule has 0 aromatic heterocycles. The van der Waals surface area contributed by atoms with Gasteiger partial charge in [-0.25, -0.2) is 0 Å². The van der Waals surface area contributed by atoms with Crippen LogP contribution >= 0.6 is 0 Å². The highest BCUT2D eigenvalue weighted by atomic mass is 16.8. The highest BCUT2D eigenvalue weighted by molar-refractivity contribution is 4.94. The van der Waals surface area contributed by atoms with Gasteiger partial charge in [0.2, 0.25) is 0 Å². The van der Waals surface area contributed by atoms with Crippen LogP contribution in [0.25, 0.3) is 0 Å². The van der Waals surface area contributed by atoms with Crippen LogP contribution in [0.4, 0.5) is 0 Å². The van der Waals surface area contributed by atoms with Gasteiger partial charge in [0.05, 0.1) is 46.2 Å². The van der Waals surface area contributed by atoms with E-state index in [9.17, 15) is 81.7 Å². The van der Waals surface area contributed by atoms with Crippen LogP contribution in [-0.2, 0) is 61.6 Å². The zero-order valence-electron chi connectivity index (χ0n) is 33.6. The minimum absolute atomic E-state index is 0.377. The Morgan fingerprint density at radius 1 is 0.219 bits per heavy atom. The minimum atomic E-state index is -1.87. The maximum Gasteiger partial charge on any atom is 0.186 e. The molecule has 7 heterocycles. The molecule has 29 nitrogen and oxygen atoms in total. The molecule has 64 heavy (non-hydrogen) atoms. The number of aliphatic hydroxyl groups is 16. The summed E-state index contributed by atoms with van der Waals surface area (Å²) in [5.74, 6) is 0. The highest BCUT2D eigenvalue weighted by Crippen LogP contribution is 2.32. The van der Waals surface area contributed by atoms with E-state index in [1.807, 2.05) is 0 Å². The molecule has 28 atom stereocenters. The highest BCUT2D eigenvalue weighted by Gasteiger charge is 2.52. The first-order valence-electron chi connectivity index (χ1n) is 20.5. The third-order valence-corrected chi connectivity index (χ3v) is 11.9. The Bertz CT molecular complexity index is 1350. The Morgan fingerprint density at radius 3 is 0.688 bits per heavy atom. The molecule has 0 aromatic rings. The molecule has 7 aliphatic heterocycles. The number of aliphatic hydroxyl groups excluding tert-OH is 16. The van der Waals surface area contributed by atoms with Gasteiger partial charge in [-0.3, -0.25) is 0 Å². The maximum atomic E-state index is 10.9. The SMILES string of the molecule is OC1[C@H](O[C@@H]2CO[C@@H](O[C@@H]3CO[C@H](O[C@@H]4CO[C@H](O[C@@H]5CO[C@H](O[C@@H]6CO[C@H](O[C@@H]7CO[C@@H](O)C(O)[C@H]7O)C(O)[C@H]6O)C(O)[C@H]5O)C(O)[C@H]4O)C(O)[C@H]3O)C(O)[C@H]2O)OC[C@@H](O)[C@@H]1O. The zero-order valence-corrected chi connectivity index (χ0v) is 33.6. The van der Waals surface area contributed by atoms with Crippen molar-refractivity contribution in [2.45, 2.75) is 172 Å². The van der Waals surface area contributed by atoms with Crippen LogP contribution < -0.4 is 0 Å². The topological polar surface area (TPSA) is 444 Å². The molecule has 0 saturated carbocycles. The number of ether oxygens (including phenoxy) is 13. The van der Waals surface area contributed by atoms with Gasteiger partial charge in [-0.1, -0.05) is 0 Å². The lowest BCUT2D eigenvalue weighted by Gasteiger charge is -2.45. The van der Waals surface area contributed by atoms with Crippen LogP contribution in [-0.4, -0.2) is 300 Å². The summed E-state index contributed by atoms with van der Waals surface area (Å²) in [4.78, 5) is 0. The largest absolute Gasteiger partial charge is 0.388 e. The van der Waals surface area contributed by atoms with Crippen molar-refractivity contribution in [2.75, 3.05) is 46.2 Å². The lowest BCUT2D eigenvalue weighted by Crippen LogP contribution is -2.63. The third kappa shape index (κ3) is 10.8. The van der Waals surface area contributed by atoms with Crippen molar-refractivity contribution in [3.63, 3.8) is 0 Å². The lowest BCUT2D eigenvalue weighted by atomic mass is 10.0. The Balaban J connectivity index is 0.826. The van der Waals surface area contributed by atoms with Crippen LogP contribution in [0.1, 0.15) is 0 Å². The molecule has 0 amide bonds. The summed E-state index contributed by atoms with van der Waals surface area (Å²) in [6.45, 7) is -3.12. The molecular weight excluding hydrogens is 884 g/mol. The second-order valence-corrected chi connectivity index (χ2v) is 16.4. The fourth-order valence-corrected chi connectivity index (χ4v) is 7.87. The third-order valence-electron chi connectivity index (χ3n) is 11.9. The predicted octanol–water partition coefficient (Wildman–Crippen LogP) is -11.8. The predicted molar refractivity (Wildman–Crippen MR) is 190 cm³/mol. The smallest absolute Gasteiger partial charge is 0.186 e. The zero-order chi connectivity index (χ0) is 46.3. The van der Waals surface area contributed by atoms with E-state index in [-0.39, 0.29) is 13.2 Å². The van der Waals surface area contributed by atoms with E-state index in [2.05, 4.69) is 0 Å². The summed E-state index contributed by atoms with van der Waals surface area (Å²) in [5, 5.41) is 167. The first-order chi connectivity index (χ1) is 30.4. The second-order valence-electron chi connectivity index (χ2n) is 16.4. The van der Waals surface area contributed by atoms with Gasteiger partial charge < -0.3 is 143 Å². The first-order valence-corrected chi connectivity index (χ1v) is 20.5. The fraction of sp³-hybridized carbons (Fsp3) is 1.00. The summed E-state index contributed by atoms with van der Waals surface area (Å²) in [6.07, 6.45) is -45.0. The molecule has 29 heteroatoms. The van der Waals surface area contributed by atoms with Gasteiger partial charge in [-0.05, 0) is 0 Å². The summed E-state index contributed by atoms with van der Waals surface area (Å²) < 4.78 is 70.7. The van der Waals surface area contributed by atoms with Crippen molar-refractivity contribution >= 4 is 0 Å². The van der Waals surface area contributed by atoms with Crippen molar-refractivity contribution in [3.8, 4) is 0 Å². The van der Waals surface area contributed by atoms with Gasteiger partial charge in [-0.15, -0.1) is 0 Å². The van der Waals surface area contributed by atoms with Crippen molar-refractivity contribution < 1.29 is 143 Å². The minimum Gasteiger partial charge on any atom is -0.388 e. The van der Waals surface area contributed by atoms with Gasteiger partial charge in [0.15, 0.2) is 44.0 Å². The van der Waals surface area contributed by atoms with Gasteiger partial charge >= 0.3 is 0 Å². The van der Waals surface area contributed by atoms with Crippen molar-refractivity contribution in [3.05, 3.63) is 0 Å².